The topological polar surface area (TPSA) is 62.2 Å². The Hall–Kier alpha value is -2.23. The number of aliphatic hydroxyl groups is 1. The third-order valence-electron chi connectivity index (χ3n) is 4.30. The lowest BCUT2D eigenvalue weighted by atomic mass is 10.1. The minimum atomic E-state index is -0.615. The van der Waals surface area contributed by atoms with E-state index in [1.54, 1.807) is 19.1 Å². The summed E-state index contributed by atoms with van der Waals surface area (Å²) in [7, 11) is 3.19. The maximum absolute atomic E-state index is 12.6. The van der Waals surface area contributed by atoms with Gasteiger partial charge < -0.3 is 24.4 Å². The van der Waals surface area contributed by atoms with Crippen LogP contribution in [0.4, 0.5) is 5.69 Å². The van der Waals surface area contributed by atoms with Crippen LogP contribution in [0.15, 0.2) is 18.2 Å². The van der Waals surface area contributed by atoms with Crippen LogP contribution >= 0.6 is 0 Å². The average Bonchev–Trinajstić information content (AvgIpc) is 2.63. The summed E-state index contributed by atoms with van der Waals surface area (Å²) < 4.78 is 10.4. The standard InChI is InChI=1S/C20H28N2O4/c1-4-5-6-10-22-13-16-12-18(26-3)7-8-19(16)21(11-9-20(22)24)14-17(23)15-25-2/h7-8,12,17,23H,4,9-11,13-15H2,1-3H3. The fourth-order valence-corrected chi connectivity index (χ4v) is 3.04. The summed E-state index contributed by atoms with van der Waals surface area (Å²) in [6.07, 6.45) is 0.548. The van der Waals surface area contributed by atoms with Crippen molar-refractivity contribution in [2.45, 2.75) is 32.4 Å². The van der Waals surface area contributed by atoms with Gasteiger partial charge in [0.05, 0.1) is 26.4 Å². The molecule has 0 fully saturated rings. The number of nitrogens with zero attached hydrogens (tertiary/aromatic N) is 2. The Balaban J connectivity index is 2.31. The van der Waals surface area contributed by atoms with Crippen molar-refractivity contribution in [1.29, 1.82) is 0 Å². The molecule has 1 aromatic rings. The van der Waals surface area contributed by atoms with Gasteiger partial charge in [-0.15, -0.1) is 5.92 Å². The van der Waals surface area contributed by atoms with Crippen molar-refractivity contribution in [1.82, 2.24) is 4.90 Å². The van der Waals surface area contributed by atoms with Gasteiger partial charge in [0, 0.05) is 45.3 Å². The van der Waals surface area contributed by atoms with Crippen LogP contribution in [0.2, 0.25) is 0 Å². The lowest BCUT2D eigenvalue weighted by molar-refractivity contribution is -0.131. The molecule has 1 N–H and O–H groups in total. The molecular formula is C20H28N2O4. The van der Waals surface area contributed by atoms with Crippen LogP contribution in [-0.4, -0.2) is 62.5 Å². The molecule has 1 unspecified atom stereocenters. The summed E-state index contributed by atoms with van der Waals surface area (Å²) in [6.45, 7) is 4.10. The van der Waals surface area contributed by atoms with E-state index in [0.717, 1.165) is 23.4 Å². The monoisotopic (exact) mass is 360 g/mol. The molecule has 6 heteroatoms. The maximum Gasteiger partial charge on any atom is 0.225 e. The zero-order valence-corrected chi connectivity index (χ0v) is 15.8. The highest BCUT2D eigenvalue weighted by Gasteiger charge is 2.24. The number of anilines is 1. The number of carbonyl (C=O) groups excluding carboxylic acids is 1. The van der Waals surface area contributed by atoms with E-state index >= 15 is 0 Å². The number of aliphatic hydroxyl groups excluding tert-OH is 1. The largest absolute Gasteiger partial charge is 0.497 e. The van der Waals surface area contributed by atoms with E-state index in [1.165, 1.54) is 0 Å². The first-order valence-corrected chi connectivity index (χ1v) is 8.91. The molecule has 0 radical (unpaired) electrons. The average molecular weight is 360 g/mol. The summed E-state index contributed by atoms with van der Waals surface area (Å²) in [5.74, 6) is 6.89. The van der Waals surface area contributed by atoms with E-state index in [2.05, 4.69) is 11.8 Å². The molecule has 0 saturated heterocycles. The Kier molecular flexibility index (Phi) is 7.76. The van der Waals surface area contributed by atoms with E-state index in [1.807, 2.05) is 30.0 Å². The highest BCUT2D eigenvalue weighted by Crippen LogP contribution is 2.29. The molecule has 0 bridgehead atoms. The molecule has 1 heterocycles. The SMILES string of the molecule is CCC#CCN1Cc2cc(OC)ccc2N(CC(O)COC)CCC1=O. The summed E-state index contributed by atoms with van der Waals surface area (Å²) in [5, 5.41) is 10.1. The van der Waals surface area contributed by atoms with Gasteiger partial charge in [-0.3, -0.25) is 4.79 Å². The number of rotatable bonds is 6. The molecule has 142 valence electrons. The molecule has 1 aliphatic heterocycles. The second kappa shape index (κ2) is 10.0. The maximum atomic E-state index is 12.6. The van der Waals surface area contributed by atoms with Crippen LogP contribution in [0.1, 0.15) is 25.3 Å². The van der Waals surface area contributed by atoms with Crippen molar-refractivity contribution in [3.8, 4) is 17.6 Å². The number of methoxy groups -OCH3 is 2. The Morgan fingerprint density at radius 2 is 2.08 bits per heavy atom. The first-order chi connectivity index (χ1) is 12.6. The van der Waals surface area contributed by atoms with Gasteiger partial charge in [0.15, 0.2) is 0 Å². The zero-order valence-electron chi connectivity index (χ0n) is 15.8. The number of amides is 1. The van der Waals surface area contributed by atoms with Crippen molar-refractivity contribution >= 4 is 11.6 Å². The molecule has 1 atom stereocenters. The highest BCUT2D eigenvalue weighted by molar-refractivity contribution is 5.78. The molecule has 1 amide bonds. The second-order valence-corrected chi connectivity index (χ2v) is 6.26. The van der Waals surface area contributed by atoms with E-state index in [0.29, 0.717) is 32.6 Å². The van der Waals surface area contributed by atoms with Crippen LogP contribution < -0.4 is 9.64 Å². The summed E-state index contributed by atoms with van der Waals surface area (Å²) in [6, 6.07) is 5.84. The van der Waals surface area contributed by atoms with Gasteiger partial charge in [0.1, 0.15) is 5.75 Å². The van der Waals surface area contributed by atoms with E-state index in [4.69, 9.17) is 9.47 Å². The van der Waals surface area contributed by atoms with Crippen molar-refractivity contribution in [2.24, 2.45) is 0 Å². The molecule has 0 spiro atoms. The predicted molar refractivity (Wildman–Crippen MR) is 101 cm³/mol. The van der Waals surface area contributed by atoms with Crippen LogP contribution in [-0.2, 0) is 16.1 Å². The third kappa shape index (κ3) is 5.38. The molecule has 2 rings (SSSR count). The Morgan fingerprint density at radius 3 is 2.77 bits per heavy atom. The van der Waals surface area contributed by atoms with E-state index in [9.17, 15) is 9.90 Å². The van der Waals surface area contributed by atoms with Crippen molar-refractivity contribution in [2.75, 3.05) is 45.4 Å². The third-order valence-corrected chi connectivity index (χ3v) is 4.30. The van der Waals surface area contributed by atoms with E-state index < -0.39 is 6.10 Å². The van der Waals surface area contributed by atoms with Gasteiger partial charge in [0.25, 0.3) is 0 Å². The Labute approximate surface area is 155 Å². The molecular weight excluding hydrogens is 332 g/mol. The Morgan fingerprint density at radius 1 is 1.27 bits per heavy atom. The van der Waals surface area contributed by atoms with Gasteiger partial charge >= 0.3 is 0 Å². The number of hydrogen-bond donors (Lipinski definition) is 1. The minimum absolute atomic E-state index is 0.0649. The number of hydrogen-bond acceptors (Lipinski definition) is 5. The van der Waals surface area contributed by atoms with Crippen LogP contribution in [0, 0.1) is 11.8 Å². The van der Waals surface area contributed by atoms with Crippen molar-refractivity contribution in [3.63, 3.8) is 0 Å². The molecule has 6 nitrogen and oxygen atoms in total. The first kappa shape index (κ1) is 20.1. The minimum Gasteiger partial charge on any atom is -0.497 e. The normalized spacial score (nSPS) is 15.5. The first-order valence-electron chi connectivity index (χ1n) is 8.91. The number of ether oxygens (including phenoxy) is 2. The van der Waals surface area contributed by atoms with E-state index in [-0.39, 0.29) is 12.5 Å². The quantitative estimate of drug-likeness (QED) is 0.782. The molecule has 0 aliphatic carbocycles. The van der Waals surface area contributed by atoms with Crippen LogP contribution in [0.3, 0.4) is 0 Å². The van der Waals surface area contributed by atoms with Crippen molar-refractivity contribution in [3.05, 3.63) is 23.8 Å². The van der Waals surface area contributed by atoms with Gasteiger partial charge in [-0.1, -0.05) is 12.8 Å². The number of carbonyl (C=O) groups is 1. The lowest BCUT2D eigenvalue weighted by Gasteiger charge is -2.34. The molecule has 1 aliphatic rings. The van der Waals surface area contributed by atoms with Crippen LogP contribution in [0.5, 0.6) is 5.75 Å². The lowest BCUT2D eigenvalue weighted by Crippen LogP contribution is -2.41. The van der Waals surface area contributed by atoms with Crippen molar-refractivity contribution < 1.29 is 19.4 Å². The molecule has 0 aromatic heterocycles. The fraction of sp³-hybridized carbons (Fsp3) is 0.550. The van der Waals surface area contributed by atoms with Gasteiger partial charge in [-0.2, -0.15) is 0 Å². The van der Waals surface area contributed by atoms with Crippen LogP contribution in [0.25, 0.3) is 0 Å². The summed E-state index contributed by atoms with van der Waals surface area (Å²) >= 11 is 0. The van der Waals surface area contributed by atoms with Gasteiger partial charge in [-0.05, 0) is 23.8 Å². The van der Waals surface area contributed by atoms with Gasteiger partial charge in [0.2, 0.25) is 5.91 Å². The number of fused-ring (bicyclic) bond motifs is 1. The number of benzene rings is 1. The summed E-state index contributed by atoms with van der Waals surface area (Å²) in [4.78, 5) is 16.4. The smallest absolute Gasteiger partial charge is 0.225 e. The summed E-state index contributed by atoms with van der Waals surface area (Å²) in [5.41, 5.74) is 1.99. The molecule has 0 saturated carbocycles. The highest BCUT2D eigenvalue weighted by atomic mass is 16.5. The predicted octanol–water partition coefficient (Wildman–Crippen LogP) is 1.65. The number of β-amino-alcohol motifs (C(OH)–C–C–N with tert-alkyl or cyclic N) is 1. The second-order valence-electron chi connectivity index (χ2n) is 6.26. The molecule has 1 aromatic carbocycles. The zero-order chi connectivity index (χ0) is 18.9. The Bertz CT molecular complexity index is 666. The molecule has 26 heavy (non-hydrogen) atoms. The van der Waals surface area contributed by atoms with Gasteiger partial charge in [-0.25, -0.2) is 0 Å². The fourth-order valence-electron chi connectivity index (χ4n) is 3.04.